The maximum atomic E-state index is 13.5. The van der Waals surface area contributed by atoms with Gasteiger partial charge in [0.05, 0.1) is 36.7 Å². The van der Waals surface area contributed by atoms with Gasteiger partial charge in [-0.25, -0.2) is 9.97 Å². The summed E-state index contributed by atoms with van der Waals surface area (Å²) in [4.78, 5) is 61.0. The van der Waals surface area contributed by atoms with E-state index in [-0.39, 0.29) is 50.1 Å². The normalized spacial score (nSPS) is 11.7. The van der Waals surface area contributed by atoms with Gasteiger partial charge in [0.1, 0.15) is 12.4 Å². The fourth-order valence-corrected chi connectivity index (χ4v) is 7.38. The minimum Gasteiger partial charge on any atom is -0.356 e. The van der Waals surface area contributed by atoms with Gasteiger partial charge in [-0.05, 0) is 96.4 Å². The number of hydrogen-bond donors (Lipinski definition) is 2. The minimum absolute atomic E-state index is 0.0456. The molecule has 3 N–H and O–H groups in total. The van der Waals surface area contributed by atoms with Crippen LogP contribution >= 0.6 is 58.0 Å². The highest BCUT2D eigenvalue weighted by Gasteiger charge is 2.23. The average molecular weight is 949 g/mol. The molecule has 63 heavy (non-hydrogen) atoms. The number of nitrogens with one attached hydrogen (secondary N) is 1. The molecule has 0 bridgehead atoms. The first-order valence-corrected chi connectivity index (χ1v) is 20.3. The van der Waals surface area contributed by atoms with Gasteiger partial charge in [0.2, 0.25) is 21.5 Å². The van der Waals surface area contributed by atoms with E-state index in [2.05, 4.69) is 25.3 Å². The van der Waals surface area contributed by atoms with Crippen LogP contribution < -0.4 is 22.2 Å². The zero-order valence-corrected chi connectivity index (χ0v) is 36.5. The molecule has 21 heteroatoms. The Morgan fingerprint density at radius 1 is 0.619 bits per heavy atom. The second kappa shape index (κ2) is 20.1. The molecule has 2 atom stereocenters. The Morgan fingerprint density at radius 3 is 1.52 bits per heavy atom. The number of anilines is 1. The topological polar surface area (TPSA) is 220 Å². The summed E-state index contributed by atoms with van der Waals surface area (Å²) >= 11 is 29.0. The number of hydrogen-bond acceptors (Lipinski definition) is 12. The van der Waals surface area contributed by atoms with Crippen molar-refractivity contribution in [3.05, 3.63) is 200 Å². The smallest absolute Gasteiger partial charge is 0.329 e. The number of pyridine rings is 2. The number of halogens is 5. The average Bonchev–Trinajstić information content (AvgIpc) is 3.24. The second-order valence-electron chi connectivity index (χ2n) is 13.4. The number of para-hydroxylation sites is 2. The van der Waals surface area contributed by atoms with Crippen LogP contribution in [0.1, 0.15) is 37.3 Å². The predicted molar refractivity (Wildman–Crippen MR) is 246 cm³/mol. The summed E-state index contributed by atoms with van der Waals surface area (Å²) in [5.74, 6) is -0.0456. The Labute approximate surface area is 381 Å². The van der Waals surface area contributed by atoms with E-state index in [4.69, 9.17) is 63.7 Å². The monoisotopic (exact) mass is 946 g/mol. The lowest BCUT2D eigenvalue weighted by Gasteiger charge is -2.21. The molecule has 0 fully saturated rings. The van der Waals surface area contributed by atoms with Crippen molar-refractivity contribution < 1.29 is 9.85 Å². The van der Waals surface area contributed by atoms with Gasteiger partial charge in [-0.1, -0.05) is 95.5 Å². The fraction of sp³-hybridized carbons (Fsp3) is 0.0952. The lowest BCUT2D eigenvalue weighted by Crippen LogP contribution is -2.26. The van der Waals surface area contributed by atoms with Gasteiger partial charge in [-0.3, -0.25) is 39.0 Å². The summed E-state index contributed by atoms with van der Waals surface area (Å²) < 4.78 is 3.17. The third kappa shape index (κ3) is 10.4. The summed E-state index contributed by atoms with van der Waals surface area (Å²) in [5.41, 5.74) is 7.69. The quantitative estimate of drug-likeness (QED) is 0.0629. The van der Waals surface area contributed by atoms with Crippen LogP contribution in [0.3, 0.4) is 0 Å². The number of benzene rings is 4. The SMILES string of the molecule is C[C@H](N)c1cc2cccc(Cl)c2c(=O)n1-c1ccccc1.C[C@H](Nc1nc(Cl)ncc1[N+](=O)[O-])c1cc2cccc(Cl)c2c(=O)n1-c1ccccc1.O=[N+]([O-])c1cnc(Cl)nc1Cl. The standard InChI is InChI=1S/C21H15Cl2N5O3.C17H15ClN2O.C4HCl2N3O2/c1-12(25-19-17(28(30)31)11-24-21(23)26-19)16-10-13-6-5-9-15(22)18(13)20(29)27(16)14-7-3-2-4-8-14;1-11(19)15-10-12-6-5-9-14(18)16(12)17(21)20(15)13-7-3-2-4-8-13;5-3-2(9(10)11)1-7-4(6)8-3/h2-12H,1H3,(H,24,25,26);2-11H,19H2,1H3;1H/t12-;11-;/m00./s1. The van der Waals surface area contributed by atoms with Crippen molar-refractivity contribution in [2.75, 3.05) is 5.32 Å². The van der Waals surface area contributed by atoms with E-state index < -0.39 is 15.9 Å². The summed E-state index contributed by atoms with van der Waals surface area (Å²) in [6, 6.07) is 32.1. The third-order valence-electron chi connectivity index (χ3n) is 9.17. The van der Waals surface area contributed by atoms with Crippen molar-refractivity contribution in [1.82, 2.24) is 29.1 Å². The Bertz CT molecular complexity index is 3120. The van der Waals surface area contributed by atoms with Crippen LogP contribution in [0.4, 0.5) is 17.2 Å². The molecule has 0 aliphatic carbocycles. The molecule has 16 nitrogen and oxygen atoms in total. The first-order valence-electron chi connectivity index (χ1n) is 18.4. The lowest BCUT2D eigenvalue weighted by molar-refractivity contribution is -0.385. The molecular formula is C42H31Cl5N10O6. The maximum Gasteiger partial charge on any atom is 0.329 e. The molecular weight excluding hydrogens is 918 g/mol. The van der Waals surface area contributed by atoms with Crippen LogP contribution in [-0.2, 0) is 0 Å². The van der Waals surface area contributed by atoms with Crippen LogP contribution in [0.5, 0.6) is 0 Å². The molecule has 0 amide bonds. The predicted octanol–water partition coefficient (Wildman–Crippen LogP) is 10.5. The molecule has 8 rings (SSSR count). The van der Waals surface area contributed by atoms with Gasteiger partial charge < -0.3 is 11.1 Å². The molecule has 0 spiro atoms. The van der Waals surface area contributed by atoms with Gasteiger partial charge >= 0.3 is 11.4 Å². The van der Waals surface area contributed by atoms with E-state index in [0.717, 1.165) is 29.2 Å². The van der Waals surface area contributed by atoms with Crippen molar-refractivity contribution in [3.63, 3.8) is 0 Å². The highest BCUT2D eigenvalue weighted by Crippen LogP contribution is 2.30. The highest BCUT2D eigenvalue weighted by molar-refractivity contribution is 6.36. The molecule has 4 aromatic heterocycles. The number of nitrogens with zero attached hydrogens (tertiary/aromatic N) is 8. The second-order valence-corrected chi connectivity index (χ2v) is 15.2. The molecule has 4 heterocycles. The Balaban J connectivity index is 0.000000177. The number of fused-ring (bicyclic) bond motifs is 2. The summed E-state index contributed by atoms with van der Waals surface area (Å²) in [5, 5.41) is 27.2. The van der Waals surface area contributed by atoms with E-state index in [1.54, 1.807) is 47.9 Å². The van der Waals surface area contributed by atoms with E-state index in [9.17, 15) is 29.8 Å². The third-order valence-corrected chi connectivity index (χ3v) is 10.4. The van der Waals surface area contributed by atoms with E-state index in [1.807, 2.05) is 79.7 Å². The van der Waals surface area contributed by atoms with Crippen molar-refractivity contribution in [2.45, 2.75) is 25.9 Å². The molecule has 0 aliphatic heterocycles. The zero-order valence-electron chi connectivity index (χ0n) is 32.7. The highest BCUT2D eigenvalue weighted by atomic mass is 35.5. The van der Waals surface area contributed by atoms with Crippen LogP contribution in [0.15, 0.2) is 131 Å². The fourth-order valence-electron chi connectivity index (χ4n) is 6.35. The molecule has 8 aromatic rings. The minimum atomic E-state index is -0.682. The first-order chi connectivity index (χ1) is 30.1. The first kappa shape index (κ1) is 46.0. The van der Waals surface area contributed by atoms with Gasteiger partial charge in [-0.2, -0.15) is 9.97 Å². The number of rotatable bonds is 8. The van der Waals surface area contributed by atoms with Gasteiger partial charge in [0.15, 0.2) is 0 Å². The van der Waals surface area contributed by atoms with Crippen molar-refractivity contribution in [2.24, 2.45) is 5.73 Å². The van der Waals surface area contributed by atoms with Crippen LogP contribution in [0.25, 0.3) is 32.9 Å². The van der Waals surface area contributed by atoms with Crippen LogP contribution in [0, 0.1) is 20.2 Å². The Hall–Kier alpha value is -6.53. The largest absolute Gasteiger partial charge is 0.356 e. The summed E-state index contributed by atoms with van der Waals surface area (Å²) in [6.45, 7) is 3.63. The van der Waals surface area contributed by atoms with Crippen LogP contribution in [0.2, 0.25) is 25.8 Å². The molecule has 0 saturated carbocycles. The molecule has 4 aromatic carbocycles. The maximum absolute atomic E-state index is 13.5. The molecule has 0 radical (unpaired) electrons. The van der Waals surface area contributed by atoms with Crippen molar-refractivity contribution >= 4 is 96.7 Å². The molecule has 0 unspecified atom stereocenters. The van der Waals surface area contributed by atoms with Gasteiger partial charge in [0, 0.05) is 28.8 Å². The molecule has 320 valence electrons. The van der Waals surface area contributed by atoms with Gasteiger partial charge in [-0.15, -0.1) is 0 Å². The Morgan fingerprint density at radius 2 is 1.06 bits per heavy atom. The number of aromatic nitrogens is 6. The van der Waals surface area contributed by atoms with Gasteiger partial charge in [0.25, 0.3) is 11.1 Å². The summed E-state index contributed by atoms with van der Waals surface area (Å²) in [6.07, 6.45) is 1.99. The molecule has 0 saturated heterocycles. The molecule has 0 aliphatic rings. The number of nitrogens with two attached hydrogens (primary N) is 1. The summed E-state index contributed by atoms with van der Waals surface area (Å²) in [7, 11) is 0. The van der Waals surface area contributed by atoms with Crippen LogP contribution in [-0.4, -0.2) is 38.9 Å². The van der Waals surface area contributed by atoms with E-state index in [1.165, 1.54) is 4.57 Å². The van der Waals surface area contributed by atoms with E-state index >= 15 is 0 Å². The van der Waals surface area contributed by atoms with Crippen molar-refractivity contribution in [3.8, 4) is 11.4 Å². The lowest BCUT2D eigenvalue weighted by atomic mass is 10.1. The van der Waals surface area contributed by atoms with E-state index in [0.29, 0.717) is 37.6 Å². The van der Waals surface area contributed by atoms with Crippen molar-refractivity contribution in [1.29, 1.82) is 0 Å². The zero-order chi connectivity index (χ0) is 45.5. The Kier molecular flexibility index (Phi) is 14.7. The number of nitro groups is 2.